The third kappa shape index (κ3) is 6.24. The second-order valence-electron chi connectivity index (χ2n) is 12.6. The molecule has 46 heavy (non-hydrogen) atoms. The van der Waals surface area contributed by atoms with Crippen molar-refractivity contribution >= 4 is 39.0 Å². The van der Waals surface area contributed by atoms with Crippen molar-refractivity contribution < 1.29 is 31.5 Å². The molecule has 2 aromatic carbocycles. The van der Waals surface area contributed by atoms with Gasteiger partial charge in [0.1, 0.15) is 11.6 Å². The number of nitrogens with one attached hydrogen (secondary N) is 3. The smallest absolute Gasteiger partial charge is 0.258 e. The standard InChI is InChI=1S/C31H37F2N7O5S/c1-31(2)18-40(46(43,44)22-14-19(32)13-20(33)15-22)17-24-27(31)36-37-28(24)35-29(41)23-7-6-21(39-9-11-45-12-10-39)16-25(23)34-30(42)26-5-4-8-38(26)3/h6-7,13-16,26H,4-5,8-12,17-18H2,1-3H3,(H,34,42)(H2,35,36,37,41)/t26-/m0/s1. The summed E-state index contributed by atoms with van der Waals surface area (Å²) >= 11 is 0. The van der Waals surface area contributed by atoms with E-state index in [9.17, 15) is 26.8 Å². The molecule has 2 saturated heterocycles. The zero-order chi connectivity index (χ0) is 32.8. The van der Waals surface area contributed by atoms with Gasteiger partial charge >= 0.3 is 0 Å². The van der Waals surface area contributed by atoms with Crippen LogP contribution in [0.1, 0.15) is 48.3 Å². The number of aromatic nitrogens is 2. The van der Waals surface area contributed by atoms with E-state index in [0.29, 0.717) is 55.7 Å². The van der Waals surface area contributed by atoms with Gasteiger partial charge in [-0.1, -0.05) is 13.8 Å². The lowest BCUT2D eigenvalue weighted by Gasteiger charge is -2.36. The highest BCUT2D eigenvalue weighted by Gasteiger charge is 2.41. The summed E-state index contributed by atoms with van der Waals surface area (Å²) < 4.78 is 61.6. The van der Waals surface area contributed by atoms with Gasteiger partial charge < -0.3 is 20.3 Å². The van der Waals surface area contributed by atoms with Crippen LogP contribution in [0.4, 0.5) is 26.0 Å². The number of benzene rings is 2. The van der Waals surface area contributed by atoms with E-state index in [1.54, 1.807) is 12.1 Å². The van der Waals surface area contributed by atoms with Crippen LogP contribution >= 0.6 is 0 Å². The minimum Gasteiger partial charge on any atom is -0.378 e. The molecule has 3 aromatic rings. The van der Waals surface area contributed by atoms with Crippen molar-refractivity contribution in [2.24, 2.45) is 0 Å². The SMILES string of the molecule is CN1CCC[C@H]1C(=O)Nc1cc(N2CCOCC2)ccc1C(=O)Nc1n[nH]c2c1CN(S(=O)(=O)c1cc(F)cc(F)c1)CC2(C)C. The maximum absolute atomic E-state index is 14.0. The lowest BCUT2D eigenvalue weighted by molar-refractivity contribution is -0.119. The van der Waals surface area contributed by atoms with Crippen molar-refractivity contribution in [1.29, 1.82) is 0 Å². The fourth-order valence-corrected chi connectivity index (χ4v) is 8.03. The average molecular weight is 658 g/mol. The van der Waals surface area contributed by atoms with Crippen LogP contribution < -0.4 is 15.5 Å². The Morgan fingerprint density at radius 3 is 2.43 bits per heavy atom. The number of likely N-dealkylation sites (tertiary alicyclic amines) is 1. The van der Waals surface area contributed by atoms with Gasteiger partial charge in [0, 0.05) is 54.6 Å². The molecule has 12 nitrogen and oxygen atoms in total. The summed E-state index contributed by atoms with van der Waals surface area (Å²) in [6.45, 7) is 6.70. The number of morpholine rings is 1. The third-order valence-corrected chi connectivity index (χ3v) is 10.6. The number of hydrogen-bond donors (Lipinski definition) is 3. The molecule has 246 valence electrons. The Bertz CT molecular complexity index is 1750. The van der Waals surface area contributed by atoms with Crippen LogP contribution in [0.5, 0.6) is 0 Å². The number of aromatic amines is 1. The number of amides is 2. The van der Waals surface area contributed by atoms with Crippen molar-refractivity contribution in [3.05, 3.63) is 64.9 Å². The topological polar surface area (TPSA) is 140 Å². The lowest BCUT2D eigenvalue weighted by atomic mass is 9.84. The number of halogens is 2. The summed E-state index contributed by atoms with van der Waals surface area (Å²) in [6.07, 6.45) is 1.61. The van der Waals surface area contributed by atoms with Crippen LogP contribution in [0.25, 0.3) is 0 Å². The number of anilines is 3. The molecule has 3 N–H and O–H groups in total. The second kappa shape index (κ2) is 12.4. The number of likely N-dealkylation sites (N-methyl/N-ethyl adjacent to an activating group) is 1. The van der Waals surface area contributed by atoms with Crippen LogP contribution in [0, 0.1) is 11.6 Å². The zero-order valence-corrected chi connectivity index (χ0v) is 26.7. The van der Waals surface area contributed by atoms with Gasteiger partial charge in [-0.3, -0.25) is 19.6 Å². The number of carbonyl (C=O) groups is 2. The van der Waals surface area contributed by atoms with Crippen LogP contribution in [-0.4, -0.2) is 92.1 Å². The van der Waals surface area contributed by atoms with Gasteiger partial charge in [-0.2, -0.15) is 9.40 Å². The van der Waals surface area contributed by atoms with Crippen LogP contribution in [0.2, 0.25) is 0 Å². The van der Waals surface area contributed by atoms with Gasteiger partial charge in [-0.05, 0) is 56.8 Å². The highest BCUT2D eigenvalue weighted by molar-refractivity contribution is 7.89. The first-order chi connectivity index (χ1) is 21.8. The Kier molecular flexibility index (Phi) is 8.61. The Morgan fingerprint density at radius 1 is 1.04 bits per heavy atom. The van der Waals surface area contributed by atoms with Gasteiger partial charge in [-0.25, -0.2) is 17.2 Å². The molecule has 0 bridgehead atoms. The Balaban J connectivity index is 1.30. The Morgan fingerprint density at radius 2 is 1.76 bits per heavy atom. The van der Waals surface area contributed by atoms with Gasteiger partial charge in [0.2, 0.25) is 15.9 Å². The Labute approximate surface area is 266 Å². The third-order valence-electron chi connectivity index (χ3n) is 8.86. The quantitative estimate of drug-likeness (QED) is 0.352. The number of nitrogens with zero attached hydrogens (tertiary/aromatic N) is 4. The lowest BCUT2D eigenvalue weighted by Crippen LogP contribution is -2.45. The van der Waals surface area contributed by atoms with Gasteiger partial charge in [0.25, 0.3) is 5.91 Å². The van der Waals surface area contributed by atoms with Crippen molar-refractivity contribution in [1.82, 2.24) is 19.4 Å². The molecule has 4 heterocycles. The highest BCUT2D eigenvalue weighted by Crippen LogP contribution is 2.38. The van der Waals surface area contributed by atoms with E-state index in [1.165, 1.54) is 0 Å². The molecule has 0 saturated carbocycles. The summed E-state index contributed by atoms with van der Waals surface area (Å²) in [5, 5.41) is 13.0. The van der Waals surface area contributed by atoms with Gasteiger partial charge in [0.15, 0.2) is 5.82 Å². The first-order valence-corrected chi connectivity index (χ1v) is 16.6. The first-order valence-electron chi connectivity index (χ1n) is 15.2. The van der Waals surface area contributed by atoms with Crippen LogP contribution in [0.3, 0.4) is 0 Å². The van der Waals surface area contributed by atoms with Crippen LogP contribution in [-0.2, 0) is 31.5 Å². The normalized spacial score (nSPS) is 20.4. The van der Waals surface area contributed by atoms with Crippen molar-refractivity contribution in [2.45, 2.75) is 49.6 Å². The minimum absolute atomic E-state index is 0.00480. The van der Waals surface area contributed by atoms with Crippen molar-refractivity contribution in [3.8, 4) is 0 Å². The molecule has 0 unspecified atom stereocenters. The minimum atomic E-state index is -4.31. The molecule has 6 rings (SSSR count). The molecule has 3 aliphatic rings. The van der Waals surface area contributed by atoms with Crippen LogP contribution in [0.15, 0.2) is 41.3 Å². The van der Waals surface area contributed by atoms with Crippen molar-refractivity contribution in [3.63, 3.8) is 0 Å². The van der Waals surface area contributed by atoms with Gasteiger partial charge in [0.05, 0.1) is 35.4 Å². The number of fused-ring (bicyclic) bond motifs is 1. The molecule has 2 amide bonds. The van der Waals surface area contributed by atoms with E-state index in [2.05, 4.69) is 25.7 Å². The molecular formula is C31H37F2N7O5S. The summed E-state index contributed by atoms with van der Waals surface area (Å²) in [7, 11) is -2.42. The summed E-state index contributed by atoms with van der Waals surface area (Å²) in [6, 6.07) is 7.08. The molecule has 2 fully saturated rings. The number of sulfonamides is 1. The molecule has 0 aliphatic carbocycles. The molecule has 0 radical (unpaired) electrons. The summed E-state index contributed by atoms with van der Waals surface area (Å²) in [5.41, 5.74) is 1.65. The van der Waals surface area contributed by atoms with E-state index in [4.69, 9.17) is 4.74 Å². The largest absolute Gasteiger partial charge is 0.378 e. The van der Waals surface area contributed by atoms with Gasteiger partial charge in [-0.15, -0.1) is 0 Å². The molecule has 1 aromatic heterocycles. The first kappa shape index (κ1) is 32.0. The maximum atomic E-state index is 14.0. The van der Waals surface area contributed by atoms with E-state index >= 15 is 0 Å². The number of rotatable bonds is 7. The molecule has 1 atom stereocenters. The second-order valence-corrected chi connectivity index (χ2v) is 14.5. The number of hydrogen-bond acceptors (Lipinski definition) is 8. The van der Waals surface area contributed by atoms with Crippen molar-refractivity contribution in [2.75, 3.05) is 62.0 Å². The summed E-state index contributed by atoms with van der Waals surface area (Å²) in [5.74, 6) is -2.66. The van der Waals surface area contributed by atoms with E-state index in [-0.39, 0.29) is 36.4 Å². The number of H-pyrrole nitrogens is 1. The number of carbonyl (C=O) groups excluding carboxylic acids is 2. The fourth-order valence-electron chi connectivity index (χ4n) is 6.42. The Hall–Kier alpha value is -3.92. The molecule has 15 heteroatoms. The molecule has 3 aliphatic heterocycles. The fraction of sp³-hybridized carbons (Fsp3) is 0.452. The summed E-state index contributed by atoms with van der Waals surface area (Å²) in [4.78, 5) is 30.7. The average Bonchev–Trinajstić information content (AvgIpc) is 3.63. The maximum Gasteiger partial charge on any atom is 0.258 e. The molecular weight excluding hydrogens is 620 g/mol. The predicted molar refractivity (Wildman–Crippen MR) is 167 cm³/mol. The highest BCUT2D eigenvalue weighted by atomic mass is 32.2. The molecule has 0 spiro atoms. The zero-order valence-electron chi connectivity index (χ0n) is 25.9. The number of ether oxygens (including phenoxy) is 1. The monoisotopic (exact) mass is 657 g/mol. The van der Waals surface area contributed by atoms with E-state index < -0.39 is 37.9 Å². The predicted octanol–water partition coefficient (Wildman–Crippen LogP) is 3.29. The van der Waals surface area contributed by atoms with E-state index in [1.807, 2.05) is 31.9 Å². The van der Waals surface area contributed by atoms with E-state index in [0.717, 1.165) is 35.1 Å².